The first-order chi connectivity index (χ1) is 8.70. The van der Waals surface area contributed by atoms with Gasteiger partial charge in [-0.1, -0.05) is 0 Å². The van der Waals surface area contributed by atoms with Gasteiger partial charge in [0.1, 0.15) is 16.3 Å². The SMILES string of the molecule is Cc1nn(C)c2sc(C(=O)NCC(F)(F)F)c(N)c12. The lowest BCUT2D eigenvalue weighted by Gasteiger charge is -2.07. The van der Waals surface area contributed by atoms with Crippen LogP contribution >= 0.6 is 11.3 Å². The largest absolute Gasteiger partial charge is 0.405 e. The number of nitrogens with one attached hydrogen (secondary N) is 1. The van der Waals surface area contributed by atoms with Crippen LogP contribution in [0.4, 0.5) is 18.9 Å². The number of anilines is 1. The van der Waals surface area contributed by atoms with E-state index < -0.39 is 18.6 Å². The molecule has 19 heavy (non-hydrogen) atoms. The van der Waals surface area contributed by atoms with Crippen molar-refractivity contribution in [3.05, 3.63) is 10.6 Å². The maximum atomic E-state index is 12.0. The van der Waals surface area contributed by atoms with Crippen molar-refractivity contribution < 1.29 is 18.0 Å². The summed E-state index contributed by atoms with van der Waals surface area (Å²) in [6, 6.07) is 0. The van der Waals surface area contributed by atoms with Gasteiger partial charge in [0, 0.05) is 7.05 Å². The quantitative estimate of drug-likeness (QED) is 0.886. The highest BCUT2D eigenvalue weighted by molar-refractivity contribution is 7.21. The van der Waals surface area contributed by atoms with Crippen molar-refractivity contribution in [2.75, 3.05) is 12.3 Å². The molecule has 1 amide bonds. The summed E-state index contributed by atoms with van der Waals surface area (Å²) >= 11 is 1.03. The van der Waals surface area contributed by atoms with Crippen LogP contribution in [0.2, 0.25) is 0 Å². The fourth-order valence-electron chi connectivity index (χ4n) is 1.76. The maximum absolute atomic E-state index is 12.0. The average Bonchev–Trinajstić information content (AvgIpc) is 2.75. The van der Waals surface area contributed by atoms with Crippen LogP contribution in [0.5, 0.6) is 0 Å². The summed E-state index contributed by atoms with van der Waals surface area (Å²) in [4.78, 5) is 12.4. The Hall–Kier alpha value is -1.77. The zero-order valence-electron chi connectivity index (χ0n) is 10.1. The van der Waals surface area contributed by atoms with Crippen LogP contribution in [0.25, 0.3) is 10.2 Å². The van der Waals surface area contributed by atoms with Crippen molar-refractivity contribution in [2.45, 2.75) is 13.1 Å². The highest BCUT2D eigenvalue weighted by Gasteiger charge is 2.29. The average molecular weight is 292 g/mol. The minimum Gasteiger partial charge on any atom is -0.397 e. The van der Waals surface area contributed by atoms with Crippen LogP contribution in [0.1, 0.15) is 15.4 Å². The summed E-state index contributed by atoms with van der Waals surface area (Å²) in [6.07, 6.45) is -4.45. The summed E-state index contributed by atoms with van der Waals surface area (Å²) in [7, 11) is 1.68. The molecule has 0 aliphatic heterocycles. The zero-order chi connectivity index (χ0) is 14.4. The monoisotopic (exact) mass is 292 g/mol. The van der Waals surface area contributed by atoms with E-state index in [9.17, 15) is 18.0 Å². The van der Waals surface area contributed by atoms with E-state index in [2.05, 4.69) is 5.10 Å². The number of aryl methyl sites for hydroxylation is 2. The molecule has 0 fully saturated rings. The Balaban J connectivity index is 2.33. The third-order valence-electron chi connectivity index (χ3n) is 2.54. The minimum absolute atomic E-state index is 0.0790. The summed E-state index contributed by atoms with van der Waals surface area (Å²) in [5, 5.41) is 6.55. The van der Waals surface area contributed by atoms with Gasteiger partial charge >= 0.3 is 6.18 Å². The van der Waals surface area contributed by atoms with Crippen molar-refractivity contribution in [1.82, 2.24) is 15.1 Å². The molecular formula is C10H11F3N4OS. The molecule has 2 heterocycles. The Kier molecular flexibility index (Phi) is 3.17. The van der Waals surface area contributed by atoms with Gasteiger partial charge in [0.2, 0.25) is 0 Å². The van der Waals surface area contributed by atoms with Crippen LogP contribution < -0.4 is 11.1 Å². The summed E-state index contributed by atoms with van der Waals surface area (Å²) in [5.74, 6) is -0.824. The van der Waals surface area contributed by atoms with Gasteiger partial charge in [-0.3, -0.25) is 9.48 Å². The first-order valence-corrected chi connectivity index (χ1v) is 6.09. The van der Waals surface area contributed by atoms with Gasteiger partial charge < -0.3 is 11.1 Å². The number of thiophene rings is 1. The number of hydrogen-bond acceptors (Lipinski definition) is 4. The van der Waals surface area contributed by atoms with Gasteiger partial charge in [0.25, 0.3) is 5.91 Å². The van der Waals surface area contributed by atoms with E-state index in [1.54, 1.807) is 24.0 Å². The smallest absolute Gasteiger partial charge is 0.397 e. The van der Waals surface area contributed by atoms with E-state index in [0.29, 0.717) is 15.9 Å². The van der Waals surface area contributed by atoms with Crippen molar-refractivity contribution in [1.29, 1.82) is 0 Å². The van der Waals surface area contributed by atoms with Gasteiger partial charge in [0.05, 0.1) is 16.8 Å². The van der Waals surface area contributed by atoms with Crippen LogP contribution in [0.3, 0.4) is 0 Å². The number of halogens is 3. The number of amides is 1. The number of nitrogens with two attached hydrogens (primary N) is 1. The summed E-state index contributed by atoms with van der Waals surface area (Å²) in [6.45, 7) is 0.347. The molecule has 0 spiro atoms. The molecule has 3 N–H and O–H groups in total. The Labute approximate surface area is 110 Å². The number of rotatable bonds is 2. The second-order valence-electron chi connectivity index (χ2n) is 4.03. The van der Waals surface area contributed by atoms with E-state index in [-0.39, 0.29) is 10.6 Å². The number of hydrogen-bond donors (Lipinski definition) is 2. The van der Waals surface area contributed by atoms with E-state index in [1.807, 2.05) is 0 Å². The topological polar surface area (TPSA) is 72.9 Å². The molecule has 0 aliphatic rings. The fourth-order valence-corrected chi connectivity index (χ4v) is 2.86. The summed E-state index contributed by atoms with van der Waals surface area (Å²) < 4.78 is 37.7. The van der Waals surface area contributed by atoms with E-state index in [4.69, 9.17) is 5.73 Å². The molecule has 5 nitrogen and oxygen atoms in total. The second kappa shape index (κ2) is 4.41. The molecule has 0 bridgehead atoms. The van der Waals surface area contributed by atoms with E-state index in [0.717, 1.165) is 11.3 Å². The molecule has 0 aliphatic carbocycles. The highest BCUT2D eigenvalue weighted by atomic mass is 32.1. The lowest BCUT2D eigenvalue weighted by molar-refractivity contribution is -0.123. The number of carbonyl (C=O) groups is 1. The molecule has 9 heteroatoms. The maximum Gasteiger partial charge on any atom is 0.405 e. The molecular weight excluding hydrogens is 281 g/mol. The number of fused-ring (bicyclic) bond motifs is 1. The molecule has 0 saturated heterocycles. The van der Waals surface area contributed by atoms with Crippen molar-refractivity contribution in [2.24, 2.45) is 7.05 Å². The number of nitrogen functional groups attached to an aromatic ring is 1. The zero-order valence-corrected chi connectivity index (χ0v) is 10.9. The lowest BCUT2D eigenvalue weighted by Crippen LogP contribution is -2.33. The molecule has 0 unspecified atom stereocenters. The van der Waals surface area contributed by atoms with Crippen LogP contribution in [-0.2, 0) is 7.05 Å². The Bertz CT molecular complexity index is 643. The second-order valence-corrected chi connectivity index (χ2v) is 5.03. The van der Waals surface area contributed by atoms with Gasteiger partial charge in [0.15, 0.2) is 0 Å². The third kappa shape index (κ3) is 2.50. The molecule has 0 radical (unpaired) electrons. The molecule has 2 aromatic rings. The first-order valence-electron chi connectivity index (χ1n) is 5.27. The predicted molar refractivity (Wildman–Crippen MR) is 66.1 cm³/mol. The number of nitrogens with zero attached hydrogens (tertiary/aromatic N) is 2. The first kappa shape index (κ1) is 13.7. The molecule has 2 rings (SSSR count). The number of aromatic nitrogens is 2. The Morgan fingerprint density at radius 2 is 2.16 bits per heavy atom. The molecule has 0 aromatic carbocycles. The van der Waals surface area contributed by atoms with Gasteiger partial charge in [-0.15, -0.1) is 11.3 Å². The number of alkyl halides is 3. The van der Waals surface area contributed by atoms with Crippen molar-refractivity contribution in [3.8, 4) is 0 Å². The molecule has 0 saturated carbocycles. The van der Waals surface area contributed by atoms with E-state index in [1.165, 1.54) is 0 Å². The fraction of sp³-hybridized carbons (Fsp3) is 0.400. The predicted octanol–water partition coefficient (Wildman–Crippen LogP) is 1.82. The van der Waals surface area contributed by atoms with Crippen LogP contribution in [-0.4, -0.2) is 28.4 Å². The molecule has 104 valence electrons. The summed E-state index contributed by atoms with van der Waals surface area (Å²) in [5.41, 5.74) is 6.62. The van der Waals surface area contributed by atoms with Crippen LogP contribution in [0.15, 0.2) is 0 Å². The van der Waals surface area contributed by atoms with Gasteiger partial charge in [-0.05, 0) is 6.92 Å². The van der Waals surface area contributed by atoms with Gasteiger partial charge in [-0.2, -0.15) is 18.3 Å². The Morgan fingerprint density at radius 1 is 1.53 bits per heavy atom. The van der Waals surface area contributed by atoms with Crippen molar-refractivity contribution in [3.63, 3.8) is 0 Å². The molecule has 0 atom stereocenters. The lowest BCUT2D eigenvalue weighted by atomic mass is 10.2. The highest BCUT2D eigenvalue weighted by Crippen LogP contribution is 2.35. The normalized spacial score (nSPS) is 12.1. The minimum atomic E-state index is -4.45. The van der Waals surface area contributed by atoms with Crippen molar-refractivity contribution >= 4 is 33.1 Å². The third-order valence-corrected chi connectivity index (χ3v) is 3.81. The standard InChI is InChI=1S/C10H11F3N4OS/c1-4-5-6(14)7(19-9(5)17(2)16-4)8(18)15-3-10(11,12)13/h3,14H2,1-2H3,(H,15,18). The molecule has 2 aromatic heterocycles. The number of carbonyl (C=O) groups excluding carboxylic acids is 1. The van der Waals surface area contributed by atoms with Gasteiger partial charge in [-0.25, -0.2) is 0 Å². The van der Waals surface area contributed by atoms with E-state index >= 15 is 0 Å². The van der Waals surface area contributed by atoms with Crippen LogP contribution in [0, 0.1) is 6.92 Å². The Morgan fingerprint density at radius 3 is 2.68 bits per heavy atom.